The molecule has 0 atom stereocenters. The summed E-state index contributed by atoms with van der Waals surface area (Å²) >= 11 is 8.98. The summed E-state index contributed by atoms with van der Waals surface area (Å²) in [4.78, 5) is 0. The van der Waals surface area contributed by atoms with E-state index in [1.54, 1.807) is 11.8 Å². The number of benzene rings is 2. The summed E-state index contributed by atoms with van der Waals surface area (Å²) < 4.78 is 19.9. The van der Waals surface area contributed by atoms with Crippen molar-refractivity contribution in [3.05, 3.63) is 51.2 Å². The molecule has 7 nitrogen and oxygen atoms in total. The van der Waals surface area contributed by atoms with E-state index in [0.29, 0.717) is 47.6 Å². The quantitative estimate of drug-likeness (QED) is 0.425. The van der Waals surface area contributed by atoms with E-state index in [9.17, 15) is 0 Å². The number of para-hydroxylation sites is 1. The van der Waals surface area contributed by atoms with Crippen LogP contribution in [0.3, 0.4) is 0 Å². The van der Waals surface area contributed by atoms with Gasteiger partial charge in [-0.1, -0.05) is 12.1 Å². The highest BCUT2D eigenvalue weighted by molar-refractivity contribution is 9.10. The molecule has 0 saturated heterocycles. The molecule has 0 unspecified atom stereocenters. The number of nitrogens with zero attached hydrogens (tertiary/aromatic N) is 2. The molecule has 29 heavy (non-hydrogen) atoms. The first-order chi connectivity index (χ1) is 14.1. The average molecular weight is 479 g/mol. The Hall–Kier alpha value is -2.52. The number of rotatable bonds is 9. The van der Waals surface area contributed by atoms with Crippen molar-refractivity contribution in [1.82, 2.24) is 14.9 Å². The first-order valence-corrected chi connectivity index (χ1v) is 10.4. The predicted octanol–water partition coefficient (Wildman–Crippen LogP) is 4.92. The Kier molecular flexibility index (Phi) is 7.16. The van der Waals surface area contributed by atoms with Crippen LogP contribution in [0.25, 0.3) is 11.4 Å². The second-order valence-corrected chi connectivity index (χ2v) is 7.23. The summed E-state index contributed by atoms with van der Waals surface area (Å²) in [5, 5.41) is 7.20. The standard InChI is InChI=1S/C20H23BrN4O3S/c1-4-27-17-11-13(10-15(21)18(17)28-5-2)12-22-25-19(23-24-20(25)29)14-8-6-7-9-16(14)26-3/h6-11,22H,4-5,12H2,1-3H3,(H,24,29). The molecule has 0 fully saturated rings. The van der Waals surface area contributed by atoms with Crippen LogP contribution < -0.4 is 19.6 Å². The van der Waals surface area contributed by atoms with Gasteiger partial charge in [-0.05, 0) is 71.8 Å². The van der Waals surface area contributed by atoms with E-state index in [1.807, 2.05) is 50.2 Å². The second kappa shape index (κ2) is 9.80. The Morgan fingerprint density at radius 2 is 1.90 bits per heavy atom. The van der Waals surface area contributed by atoms with E-state index >= 15 is 0 Å². The molecule has 0 radical (unpaired) electrons. The third kappa shape index (κ3) is 4.73. The summed E-state index contributed by atoms with van der Waals surface area (Å²) in [7, 11) is 1.63. The minimum atomic E-state index is 0.459. The van der Waals surface area contributed by atoms with E-state index in [1.165, 1.54) is 0 Å². The van der Waals surface area contributed by atoms with Crippen LogP contribution in [0.5, 0.6) is 17.2 Å². The Bertz CT molecular complexity index is 1030. The molecule has 2 aromatic carbocycles. The van der Waals surface area contributed by atoms with Gasteiger partial charge in [0.05, 0.1) is 36.9 Å². The lowest BCUT2D eigenvalue weighted by Crippen LogP contribution is -2.16. The molecule has 0 aliphatic rings. The van der Waals surface area contributed by atoms with E-state index < -0.39 is 0 Å². The van der Waals surface area contributed by atoms with Crippen molar-refractivity contribution < 1.29 is 14.2 Å². The minimum absolute atomic E-state index is 0.459. The fraction of sp³-hybridized carbons (Fsp3) is 0.300. The van der Waals surface area contributed by atoms with Gasteiger partial charge in [-0.2, -0.15) is 5.10 Å². The van der Waals surface area contributed by atoms with Gasteiger partial charge in [0.15, 0.2) is 17.3 Å². The Morgan fingerprint density at radius 3 is 2.62 bits per heavy atom. The summed E-state index contributed by atoms with van der Waals surface area (Å²) in [5.74, 6) is 2.75. The Morgan fingerprint density at radius 1 is 1.14 bits per heavy atom. The summed E-state index contributed by atoms with van der Waals surface area (Å²) in [6.45, 7) is 5.49. The maximum Gasteiger partial charge on any atom is 0.214 e. The predicted molar refractivity (Wildman–Crippen MR) is 119 cm³/mol. The van der Waals surface area contributed by atoms with Crippen LogP contribution in [0.1, 0.15) is 19.4 Å². The highest BCUT2D eigenvalue weighted by Gasteiger charge is 2.15. The highest BCUT2D eigenvalue weighted by Crippen LogP contribution is 2.37. The van der Waals surface area contributed by atoms with Gasteiger partial charge in [0.25, 0.3) is 0 Å². The fourth-order valence-electron chi connectivity index (χ4n) is 2.89. The van der Waals surface area contributed by atoms with Crippen LogP contribution in [0.4, 0.5) is 0 Å². The van der Waals surface area contributed by atoms with Crippen molar-refractivity contribution in [3.63, 3.8) is 0 Å². The lowest BCUT2D eigenvalue weighted by molar-refractivity contribution is 0.286. The average Bonchev–Trinajstić information content (AvgIpc) is 3.09. The van der Waals surface area contributed by atoms with Gasteiger partial charge in [-0.3, -0.25) is 0 Å². The SMILES string of the molecule is CCOc1cc(CNn2c(-c3ccccc3OC)n[nH]c2=S)cc(Br)c1OCC. The van der Waals surface area contributed by atoms with Gasteiger partial charge in [-0.15, -0.1) is 0 Å². The normalized spacial score (nSPS) is 10.6. The van der Waals surface area contributed by atoms with Gasteiger partial charge < -0.3 is 19.6 Å². The first kappa shape index (κ1) is 21.2. The van der Waals surface area contributed by atoms with Crippen molar-refractivity contribution >= 4 is 28.1 Å². The lowest BCUT2D eigenvalue weighted by Gasteiger charge is -2.16. The first-order valence-electron chi connectivity index (χ1n) is 9.21. The molecule has 0 spiro atoms. The van der Waals surface area contributed by atoms with E-state index in [2.05, 4.69) is 31.6 Å². The molecule has 3 aromatic rings. The largest absolute Gasteiger partial charge is 0.496 e. The van der Waals surface area contributed by atoms with Crippen LogP contribution in [-0.2, 0) is 6.54 Å². The Labute approximate surface area is 183 Å². The number of hydrogen-bond acceptors (Lipinski definition) is 6. The van der Waals surface area contributed by atoms with Crippen LogP contribution in [-0.4, -0.2) is 35.2 Å². The zero-order valence-corrected chi connectivity index (χ0v) is 18.9. The monoisotopic (exact) mass is 478 g/mol. The summed E-state index contributed by atoms with van der Waals surface area (Å²) in [6.07, 6.45) is 0. The fourth-order valence-corrected chi connectivity index (χ4v) is 3.70. The molecule has 9 heteroatoms. The number of nitrogens with one attached hydrogen (secondary N) is 2. The molecule has 154 valence electrons. The van der Waals surface area contributed by atoms with Crippen molar-refractivity contribution in [3.8, 4) is 28.6 Å². The highest BCUT2D eigenvalue weighted by atomic mass is 79.9. The van der Waals surface area contributed by atoms with Crippen LogP contribution in [0.15, 0.2) is 40.9 Å². The molecule has 2 N–H and O–H groups in total. The van der Waals surface area contributed by atoms with E-state index in [0.717, 1.165) is 15.6 Å². The third-order valence-electron chi connectivity index (χ3n) is 4.12. The van der Waals surface area contributed by atoms with Crippen molar-refractivity contribution in [1.29, 1.82) is 0 Å². The zero-order valence-electron chi connectivity index (χ0n) is 16.5. The van der Waals surface area contributed by atoms with Crippen LogP contribution >= 0.6 is 28.1 Å². The van der Waals surface area contributed by atoms with Gasteiger partial charge in [0.2, 0.25) is 4.77 Å². The van der Waals surface area contributed by atoms with Gasteiger partial charge in [-0.25, -0.2) is 9.77 Å². The molecule has 0 aliphatic heterocycles. The Balaban J connectivity index is 1.89. The molecule has 1 heterocycles. The third-order valence-corrected chi connectivity index (χ3v) is 4.98. The number of H-pyrrole nitrogens is 1. The van der Waals surface area contributed by atoms with Crippen molar-refractivity contribution in [2.24, 2.45) is 0 Å². The molecule has 0 saturated carbocycles. The number of methoxy groups -OCH3 is 1. The number of ether oxygens (including phenoxy) is 3. The summed E-state index contributed by atoms with van der Waals surface area (Å²) in [6, 6.07) is 11.6. The molecule has 0 amide bonds. The molecule has 3 rings (SSSR count). The van der Waals surface area contributed by atoms with Crippen molar-refractivity contribution in [2.45, 2.75) is 20.4 Å². The van der Waals surface area contributed by atoms with E-state index in [4.69, 9.17) is 26.4 Å². The molecular formula is C20H23BrN4O3S. The van der Waals surface area contributed by atoms with Crippen LogP contribution in [0.2, 0.25) is 0 Å². The topological polar surface area (TPSA) is 73.3 Å². The second-order valence-electron chi connectivity index (χ2n) is 5.99. The van der Waals surface area contributed by atoms with Gasteiger partial charge in [0.1, 0.15) is 5.75 Å². The minimum Gasteiger partial charge on any atom is -0.496 e. The van der Waals surface area contributed by atoms with Crippen LogP contribution in [0, 0.1) is 4.77 Å². The smallest absolute Gasteiger partial charge is 0.214 e. The number of aromatic nitrogens is 3. The van der Waals surface area contributed by atoms with Gasteiger partial charge >= 0.3 is 0 Å². The van der Waals surface area contributed by atoms with Gasteiger partial charge in [0, 0.05) is 0 Å². The molecular weight excluding hydrogens is 456 g/mol. The molecule has 1 aromatic heterocycles. The number of aromatic amines is 1. The maximum atomic E-state index is 5.75. The molecule has 0 aliphatic carbocycles. The zero-order chi connectivity index (χ0) is 20.8. The number of hydrogen-bond donors (Lipinski definition) is 2. The lowest BCUT2D eigenvalue weighted by atomic mass is 10.2. The van der Waals surface area contributed by atoms with E-state index in [-0.39, 0.29) is 0 Å². The summed E-state index contributed by atoms with van der Waals surface area (Å²) in [5.41, 5.74) is 5.15. The maximum absolute atomic E-state index is 5.75. The number of halogens is 1. The molecule has 0 bridgehead atoms. The van der Waals surface area contributed by atoms with Crippen molar-refractivity contribution in [2.75, 3.05) is 25.7 Å².